The first-order chi connectivity index (χ1) is 23.7. The van der Waals surface area contributed by atoms with Crippen LogP contribution in [0.4, 0.5) is 4.79 Å². The number of nitrogens with zero attached hydrogens (tertiary/aromatic N) is 2. The van der Waals surface area contributed by atoms with Crippen LogP contribution in [0.5, 0.6) is 0 Å². The highest BCUT2D eigenvalue weighted by Gasteiger charge is 2.51. The molecule has 5 rings (SSSR count). The normalized spacial score (nSPS) is 18.0. The Kier molecular flexibility index (Phi) is 11.9. The van der Waals surface area contributed by atoms with Crippen LogP contribution in [0.1, 0.15) is 49.9 Å². The Bertz CT molecular complexity index is 1770. The minimum absolute atomic E-state index is 0.125. The molecule has 10 heteroatoms. The molecule has 1 fully saturated rings. The third-order valence-electron chi connectivity index (χ3n) is 8.60. The lowest BCUT2D eigenvalue weighted by atomic mass is 9.87. The molecule has 1 aliphatic heterocycles. The molecule has 9 nitrogen and oxygen atoms in total. The molecule has 4 aromatic rings. The Morgan fingerprint density at radius 1 is 0.694 bits per heavy atom. The lowest BCUT2D eigenvalue weighted by Crippen LogP contribution is -2.69. The number of hydrogen-bond acceptors (Lipinski definition) is 7. The maximum absolute atomic E-state index is 15.0. The largest absolute Gasteiger partial charge is 0.465 e. The van der Waals surface area contributed by atoms with Crippen molar-refractivity contribution < 1.29 is 33.4 Å². The average Bonchev–Trinajstić information content (AvgIpc) is 3.11. The first kappa shape index (κ1) is 35.3. The van der Waals surface area contributed by atoms with Gasteiger partial charge in [0.05, 0.1) is 37.4 Å². The molecule has 0 radical (unpaired) electrons. The molecule has 1 heterocycles. The summed E-state index contributed by atoms with van der Waals surface area (Å²) in [5.74, 6) is -1.44. The molecular formula is C39H39BrN2O7. The maximum atomic E-state index is 15.0. The van der Waals surface area contributed by atoms with E-state index in [4.69, 9.17) is 14.2 Å². The quantitative estimate of drug-likeness (QED) is 0.0920. The predicted molar refractivity (Wildman–Crippen MR) is 188 cm³/mol. The number of halogens is 1. The van der Waals surface area contributed by atoms with Crippen molar-refractivity contribution >= 4 is 39.9 Å². The zero-order valence-corrected chi connectivity index (χ0v) is 29.2. The van der Waals surface area contributed by atoms with Gasteiger partial charge in [0.25, 0.3) is 0 Å². The number of methoxy groups -OCH3 is 2. The SMILES string of the molecule is COC(=O)c1cccc(CN2C(=O)N(Cc3cccc(C(=O)OC)c3)[C@H](C(Br)Cc3ccccc3)[C@@H](OC(C)=O)[C@H]2Cc2ccccc2)c1. The summed E-state index contributed by atoms with van der Waals surface area (Å²) < 4.78 is 16.1. The van der Waals surface area contributed by atoms with Gasteiger partial charge in [-0.1, -0.05) is 101 Å². The first-order valence-corrected chi connectivity index (χ1v) is 16.9. The van der Waals surface area contributed by atoms with Gasteiger partial charge in [-0.05, 0) is 59.4 Å². The number of rotatable bonds is 12. The second-order valence-corrected chi connectivity index (χ2v) is 13.1. The average molecular weight is 728 g/mol. The van der Waals surface area contributed by atoms with Crippen LogP contribution in [0.25, 0.3) is 0 Å². The zero-order valence-electron chi connectivity index (χ0n) is 27.7. The molecule has 0 N–H and O–H groups in total. The van der Waals surface area contributed by atoms with E-state index in [1.54, 1.807) is 46.2 Å². The topological polar surface area (TPSA) is 102 Å². The summed E-state index contributed by atoms with van der Waals surface area (Å²) in [6.07, 6.45) is 0.194. The number of amides is 2. The third-order valence-corrected chi connectivity index (χ3v) is 9.47. The molecule has 0 bridgehead atoms. The highest BCUT2D eigenvalue weighted by molar-refractivity contribution is 9.09. The Morgan fingerprint density at radius 3 is 1.69 bits per heavy atom. The molecule has 254 valence electrons. The number of esters is 3. The van der Waals surface area contributed by atoms with Crippen LogP contribution in [0.15, 0.2) is 109 Å². The number of hydrogen-bond donors (Lipinski definition) is 0. The van der Waals surface area contributed by atoms with Crippen LogP contribution in [0.2, 0.25) is 0 Å². The molecule has 1 aliphatic rings. The van der Waals surface area contributed by atoms with E-state index in [2.05, 4.69) is 15.9 Å². The fraction of sp³-hybridized carbons (Fsp3) is 0.282. The number of urea groups is 1. The van der Waals surface area contributed by atoms with Gasteiger partial charge in [0.15, 0.2) is 0 Å². The lowest BCUT2D eigenvalue weighted by Gasteiger charge is -2.52. The highest BCUT2D eigenvalue weighted by atomic mass is 79.9. The summed E-state index contributed by atoms with van der Waals surface area (Å²) in [6.45, 7) is 1.64. The standard InChI is InChI=1S/C39H39BrN2O7/c1-26(43)49-36-34(23-28-14-8-5-9-15-28)41(24-29-16-10-18-31(20-29)37(44)47-2)39(46)42(25-30-17-11-19-32(21-30)38(45)48-3)35(36)33(40)22-27-12-6-4-7-13-27/h4-21,33-36H,22-25H2,1-3H3/t33?,34-,35-,36+/m1/s1. The summed E-state index contributed by atoms with van der Waals surface area (Å²) >= 11 is 3.94. The molecule has 49 heavy (non-hydrogen) atoms. The summed E-state index contributed by atoms with van der Waals surface area (Å²) in [4.78, 5) is 55.8. The second kappa shape index (κ2) is 16.4. The van der Waals surface area contributed by atoms with Gasteiger partial charge >= 0.3 is 23.9 Å². The van der Waals surface area contributed by atoms with E-state index in [0.717, 1.165) is 11.1 Å². The van der Waals surface area contributed by atoms with Crippen LogP contribution < -0.4 is 0 Å². The van der Waals surface area contributed by atoms with E-state index < -0.39 is 36.1 Å². The fourth-order valence-corrected chi connectivity index (χ4v) is 7.34. The van der Waals surface area contributed by atoms with E-state index in [0.29, 0.717) is 35.1 Å². The fourth-order valence-electron chi connectivity index (χ4n) is 6.38. The number of ether oxygens (including phenoxy) is 3. The van der Waals surface area contributed by atoms with Gasteiger partial charge in [-0.3, -0.25) is 4.79 Å². The van der Waals surface area contributed by atoms with E-state index >= 15 is 0 Å². The maximum Gasteiger partial charge on any atom is 0.337 e. The molecule has 1 saturated heterocycles. The van der Waals surface area contributed by atoms with Gasteiger partial charge in [-0.25, -0.2) is 14.4 Å². The van der Waals surface area contributed by atoms with Crippen LogP contribution in [0, 0.1) is 0 Å². The van der Waals surface area contributed by atoms with Crippen molar-refractivity contribution in [2.75, 3.05) is 14.2 Å². The van der Waals surface area contributed by atoms with Crippen LogP contribution in [-0.2, 0) is 44.9 Å². The van der Waals surface area contributed by atoms with Crippen LogP contribution in [0.3, 0.4) is 0 Å². The van der Waals surface area contributed by atoms with Crippen molar-refractivity contribution in [2.24, 2.45) is 0 Å². The summed E-state index contributed by atoms with van der Waals surface area (Å²) in [6, 6.07) is 32.1. The van der Waals surface area contributed by atoms with E-state index in [-0.39, 0.29) is 23.9 Å². The second-order valence-electron chi connectivity index (χ2n) is 11.9. The Hall–Kier alpha value is -4.96. The molecule has 2 amide bonds. The van der Waals surface area contributed by atoms with Gasteiger partial charge in [0, 0.05) is 24.8 Å². The number of carbonyl (C=O) groups is 4. The number of benzene rings is 4. The van der Waals surface area contributed by atoms with E-state index in [1.807, 2.05) is 72.8 Å². The van der Waals surface area contributed by atoms with Gasteiger partial charge in [0.2, 0.25) is 0 Å². The van der Waals surface area contributed by atoms with Crippen molar-refractivity contribution in [3.8, 4) is 0 Å². The Balaban J connectivity index is 1.64. The summed E-state index contributed by atoms with van der Waals surface area (Å²) in [5, 5.41) is 0. The van der Waals surface area contributed by atoms with Crippen molar-refractivity contribution in [1.29, 1.82) is 0 Å². The van der Waals surface area contributed by atoms with Crippen molar-refractivity contribution in [2.45, 2.75) is 55.9 Å². The molecule has 0 saturated carbocycles. The predicted octanol–water partition coefficient (Wildman–Crippen LogP) is 6.62. The Labute approximate surface area is 294 Å². The minimum atomic E-state index is -0.768. The highest BCUT2D eigenvalue weighted by Crippen LogP contribution is 2.35. The summed E-state index contributed by atoms with van der Waals surface area (Å²) in [5.41, 5.74) is 4.15. The molecule has 4 atom stereocenters. The van der Waals surface area contributed by atoms with Crippen molar-refractivity contribution in [3.05, 3.63) is 143 Å². The first-order valence-electron chi connectivity index (χ1n) is 16.0. The molecule has 0 spiro atoms. The van der Waals surface area contributed by atoms with Crippen molar-refractivity contribution in [1.82, 2.24) is 9.80 Å². The van der Waals surface area contributed by atoms with Gasteiger partial charge in [-0.2, -0.15) is 0 Å². The molecule has 0 aromatic heterocycles. The van der Waals surface area contributed by atoms with Crippen LogP contribution in [-0.4, -0.2) is 71.0 Å². The van der Waals surface area contributed by atoms with Gasteiger partial charge in [-0.15, -0.1) is 0 Å². The molecule has 4 aromatic carbocycles. The third kappa shape index (κ3) is 8.75. The van der Waals surface area contributed by atoms with Gasteiger partial charge in [0.1, 0.15) is 6.10 Å². The van der Waals surface area contributed by atoms with E-state index in [9.17, 15) is 19.2 Å². The number of carbonyl (C=O) groups excluding carboxylic acids is 4. The molecule has 1 unspecified atom stereocenters. The molecular weight excluding hydrogens is 688 g/mol. The zero-order chi connectivity index (χ0) is 34.9. The number of alkyl halides is 1. The monoisotopic (exact) mass is 726 g/mol. The van der Waals surface area contributed by atoms with E-state index in [1.165, 1.54) is 21.1 Å². The molecule has 0 aliphatic carbocycles. The minimum Gasteiger partial charge on any atom is -0.465 e. The van der Waals surface area contributed by atoms with Crippen molar-refractivity contribution in [3.63, 3.8) is 0 Å². The van der Waals surface area contributed by atoms with Crippen LogP contribution >= 0.6 is 15.9 Å². The Morgan fingerprint density at radius 2 is 1.18 bits per heavy atom. The van der Waals surface area contributed by atoms with Gasteiger partial charge < -0.3 is 24.0 Å². The lowest BCUT2D eigenvalue weighted by molar-refractivity contribution is -0.157. The smallest absolute Gasteiger partial charge is 0.337 e. The summed E-state index contributed by atoms with van der Waals surface area (Å²) in [7, 11) is 2.64.